The summed E-state index contributed by atoms with van der Waals surface area (Å²) in [5.74, 6) is 0.131. The maximum Gasteiger partial charge on any atom is 0.274 e. The van der Waals surface area contributed by atoms with E-state index in [-0.39, 0.29) is 5.91 Å². The summed E-state index contributed by atoms with van der Waals surface area (Å²) in [4.78, 5) is 27.7. The van der Waals surface area contributed by atoms with Crippen LogP contribution >= 0.6 is 0 Å². The van der Waals surface area contributed by atoms with Crippen LogP contribution in [0, 0.1) is 0 Å². The Morgan fingerprint density at radius 1 is 1.17 bits per heavy atom. The monoisotopic (exact) mass is 421 g/mol. The summed E-state index contributed by atoms with van der Waals surface area (Å²) in [7, 11) is -1.21. The lowest BCUT2D eigenvalue weighted by atomic mass is 10.0. The fourth-order valence-corrected chi connectivity index (χ4v) is 3.81. The normalized spacial score (nSPS) is 13.9. The predicted molar refractivity (Wildman–Crippen MR) is 117 cm³/mol. The van der Waals surface area contributed by atoms with Crippen LogP contribution < -0.4 is 10.2 Å². The van der Waals surface area contributed by atoms with Crippen molar-refractivity contribution in [2.24, 2.45) is 0 Å². The van der Waals surface area contributed by atoms with Gasteiger partial charge in [0.05, 0.1) is 23.0 Å². The number of hydrogen-bond donors (Lipinski definition) is 1. The van der Waals surface area contributed by atoms with Gasteiger partial charge in [0, 0.05) is 42.1 Å². The van der Waals surface area contributed by atoms with E-state index in [9.17, 15) is 9.00 Å². The molecule has 7 nitrogen and oxygen atoms in total. The Bertz CT molecular complexity index is 1130. The number of anilines is 2. The third kappa shape index (κ3) is 4.23. The van der Waals surface area contributed by atoms with E-state index in [4.69, 9.17) is 0 Å². The van der Waals surface area contributed by atoms with Crippen molar-refractivity contribution >= 4 is 28.1 Å². The number of fused-ring (bicyclic) bond motifs is 1. The van der Waals surface area contributed by atoms with Crippen molar-refractivity contribution < 1.29 is 9.00 Å². The van der Waals surface area contributed by atoms with Gasteiger partial charge in [-0.1, -0.05) is 26.0 Å². The van der Waals surface area contributed by atoms with Crippen LogP contribution in [-0.2, 0) is 23.9 Å². The Labute approximate surface area is 178 Å². The van der Waals surface area contributed by atoms with Crippen LogP contribution in [0.15, 0.2) is 53.9 Å². The zero-order chi connectivity index (χ0) is 21.3. The fourth-order valence-electron chi connectivity index (χ4n) is 3.37. The molecule has 4 rings (SSSR count). The van der Waals surface area contributed by atoms with Gasteiger partial charge in [-0.25, -0.2) is 9.97 Å². The molecule has 1 aromatic carbocycles. The van der Waals surface area contributed by atoms with Crippen LogP contribution in [0.2, 0.25) is 0 Å². The van der Waals surface area contributed by atoms with Gasteiger partial charge >= 0.3 is 0 Å². The van der Waals surface area contributed by atoms with Crippen LogP contribution in [0.5, 0.6) is 0 Å². The van der Waals surface area contributed by atoms with Gasteiger partial charge in [-0.3, -0.25) is 14.0 Å². The summed E-state index contributed by atoms with van der Waals surface area (Å²) in [5, 5.41) is 3.27. The molecule has 1 amide bonds. The fraction of sp³-hybridized carbons (Fsp3) is 0.273. The van der Waals surface area contributed by atoms with Crippen molar-refractivity contribution in [3.63, 3.8) is 0 Å². The maximum atomic E-state index is 12.8. The van der Waals surface area contributed by atoms with E-state index in [1.807, 2.05) is 30.3 Å². The molecule has 8 heteroatoms. The number of carbonyl (C=O) groups excluding carboxylic acids is 1. The second kappa shape index (κ2) is 8.31. The van der Waals surface area contributed by atoms with Crippen molar-refractivity contribution in [2.75, 3.05) is 16.5 Å². The van der Waals surface area contributed by atoms with Crippen LogP contribution in [-0.4, -0.2) is 31.3 Å². The highest BCUT2D eigenvalue weighted by Gasteiger charge is 2.23. The first-order chi connectivity index (χ1) is 14.4. The first-order valence-electron chi connectivity index (χ1n) is 9.71. The van der Waals surface area contributed by atoms with E-state index in [2.05, 4.69) is 39.0 Å². The van der Waals surface area contributed by atoms with Crippen LogP contribution in [0.25, 0.3) is 0 Å². The van der Waals surface area contributed by atoms with Crippen molar-refractivity contribution in [1.29, 1.82) is 0 Å². The molecule has 0 saturated carbocycles. The van der Waals surface area contributed by atoms with Crippen molar-refractivity contribution in [3.8, 4) is 0 Å². The molecule has 0 aliphatic carbocycles. The smallest absolute Gasteiger partial charge is 0.274 e. The zero-order valence-electron chi connectivity index (χ0n) is 17.1. The minimum atomic E-state index is -1.21. The van der Waals surface area contributed by atoms with E-state index in [1.54, 1.807) is 24.7 Å². The highest BCUT2D eigenvalue weighted by atomic mass is 32.2. The van der Waals surface area contributed by atoms with E-state index in [0.717, 1.165) is 28.2 Å². The third-order valence-corrected chi connectivity index (χ3v) is 5.75. The van der Waals surface area contributed by atoms with Crippen molar-refractivity contribution in [2.45, 2.75) is 38.0 Å². The first-order valence-corrected chi connectivity index (χ1v) is 11.3. The van der Waals surface area contributed by atoms with Gasteiger partial charge < -0.3 is 10.2 Å². The minimum absolute atomic E-state index is 0.252. The van der Waals surface area contributed by atoms with Gasteiger partial charge in [-0.2, -0.15) is 0 Å². The summed E-state index contributed by atoms with van der Waals surface area (Å²) in [6.07, 6.45) is 4.94. The van der Waals surface area contributed by atoms with E-state index < -0.39 is 10.8 Å². The second-order valence-corrected chi connectivity index (χ2v) is 8.84. The Balaban J connectivity index is 1.51. The van der Waals surface area contributed by atoms with Crippen LogP contribution in [0.3, 0.4) is 0 Å². The van der Waals surface area contributed by atoms with Gasteiger partial charge in [0.1, 0.15) is 5.69 Å². The summed E-state index contributed by atoms with van der Waals surface area (Å²) in [5.41, 5.74) is 5.00. The lowest BCUT2D eigenvalue weighted by Gasteiger charge is -2.17. The lowest BCUT2D eigenvalue weighted by Crippen LogP contribution is -2.18. The first kappa shape index (κ1) is 20.2. The van der Waals surface area contributed by atoms with Gasteiger partial charge in [0.15, 0.2) is 0 Å². The van der Waals surface area contributed by atoms with Gasteiger partial charge in [0.2, 0.25) is 5.16 Å². The Morgan fingerprint density at radius 3 is 2.77 bits per heavy atom. The topological polar surface area (TPSA) is 88.1 Å². The summed E-state index contributed by atoms with van der Waals surface area (Å²) in [6.45, 7) is 5.44. The number of rotatable bonds is 5. The number of nitrogens with one attached hydrogen (secondary N) is 1. The quantitative estimate of drug-likeness (QED) is 0.635. The molecule has 0 fully saturated rings. The molecule has 0 bridgehead atoms. The highest BCUT2D eigenvalue weighted by Crippen LogP contribution is 2.27. The summed E-state index contributed by atoms with van der Waals surface area (Å²) >= 11 is 0. The molecule has 3 aromatic rings. The average Bonchev–Trinajstić information content (AvgIpc) is 3.17. The molecule has 1 aliphatic rings. The molecule has 1 aliphatic heterocycles. The number of carbonyl (C=O) groups is 1. The molecule has 1 unspecified atom stereocenters. The second-order valence-electron chi connectivity index (χ2n) is 7.57. The standard InChI is InChI=1S/C22H23N5O2S/c1-14(2)15-5-4-6-17(9-15)25-21(28)19-10-18(7-8-23-19)27-12-16-11-24-22(30(3)29)26-20(16)13-27/h4-11,14H,12-13H2,1-3H3,(H,25,28). The SMILES string of the molecule is CC(C)c1cccc(NC(=O)c2cc(N3Cc4cnc(S(C)=O)nc4C3)ccn2)c1. The van der Waals surface area contributed by atoms with Crippen LogP contribution in [0.4, 0.5) is 11.4 Å². The Hall–Kier alpha value is -3.13. The number of hydrogen-bond acceptors (Lipinski definition) is 6. The van der Waals surface area contributed by atoms with Crippen LogP contribution in [0.1, 0.15) is 47.1 Å². The largest absolute Gasteiger partial charge is 0.361 e. The number of amides is 1. The van der Waals surface area contributed by atoms with Crippen molar-refractivity contribution in [3.05, 3.63) is 71.3 Å². The number of aromatic nitrogens is 3. The summed E-state index contributed by atoms with van der Waals surface area (Å²) < 4.78 is 11.6. The molecule has 154 valence electrons. The molecule has 0 radical (unpaired) electrons. The Morgan fingerprint density at radius 2 is 2.00 bits per heavy atom. The molecule has 0 saturated heterocycles. The lowest BCUT2D eigenvalue weighted by molar-refractivity contribution is 0.102. The van der Waals surface area contributed by atoms with Gasteiger partial charge in [-0.15, -0.1) is 0 Å². The van der Waals surface area contributed by atoms with Crippen molar-refractivity contribution in [1.82, 2.24) is 15.0 Å². The molecular weight excluding hydrogens is 398 g/mol. The zero-order valence-corrected chi connectivity index (χ0v) is 17.9. The molecule has 0 spiro atoms. The third-order valence-electron chi connectivity index (χ3n) is 5.04. The molecule has 3 heterocycles. The highest BCUT2D eigenvalue weighted by molar-refractivity contribution is 7.84. The van der Waals surface area contributed by atoms with Gasteiger partial charge in [0.25, 0.3) is 5.91 Å². The molecule has 30 heavy (non-hydrogen) atoms. The van der Waals surface area contributed by atoms with E-state index in [0.29, 0.717) is 29.9 Å². The summed E-state index contributed by atoms with van der Waals surface area (Å²) in [6, 6.07) is 11.5. The molecule has 1 N–H and O–H groups in total. The number of benzene rings is 1. The number of pyridine rings is 1. The Kier molecular flexibility index (Phi) is 5.59. The number of nitrogens with zero attached hydrogens (tertiary/aromatic N) is 4. The molecular formula is C22H23N5O2S. The van der Waals surface area contributed by atoms with Gasteiger partial charge in [-0.05, 0) is 35.7 Å². The maximum absolute atomic E-state index is 12.8. The average molecular weight is 422 g/mol. The molecule has 2 aromatic heterocycles. The minimum Gasteiger partial charge on any atom is -0.361 e. The van der Waals surface area contributed by atoms with E-state index >= 15 is 0 Å². The molecule has 1 atom stereocenters. The van der Waals surface area contributed by atoms with E-state index in [1.165, 1.54) is 0 Å². The predicted octanol–water partition coefficient (Wildman–Crippen LogP) is 3.50.